The predicted octanol–water partition coefficient (Wildman–Crippen LogP) is 2.89. The van der Waals surface area contributed by atoms with E-state index in [2.05, 4.69) is 15.7 Å². The molecular weight excluding hydrogens is 232 g/mol. The molecule has 1 aliphatic rings. The molecule has 0 aliphatic heterocycles. The van der Waals surface area contributed by atoms with E-state index in [1.807, 2.05) is 6.92 Å². The van der Waals surface area contributed by atoms with Crippen LogP contribution < -0.4 is 5.32 Å². The summed E-state index contributed by atoms with van der Waals surface area (Å²) in [6.07, 6.45) is 7.11. The summed E-state index contributed by atoms with van der Waals surface area (Å²) in [4.78, 5) is 4.41. The first-order valence-electron chi connectivity index (χ1n) is 6.58. The molecule has 1 saturated carbocycles. The average molecular weight is 254 g/mol. The molecule has 1 aromatic rings. The zero-order valence-electron chi connectivity index (χ0n) is 10.6. The molecule has 96 valence electrons. The minimum absolute atomic E-state index is 0.521. The topological polar surface area (TPSA) is 34.1 Å². The van der Waals surface area contributed by atoms with Gasteiger partial charge >= 0.3 is 0 Å². The van der Waals surface area contributed by atoms with E-state index >= 15 is 0 Å². The van der Waals surface area contributed by atoms with Crippen LogP contribution in [0.1, 0.15) is 42.8 Å². The molecule has 0 atom stereocenters. The monoisotopic (exact) mass is 254 g/mol. The Bertz CT molecular complexity index is 321. The Hall–Kier alpha value is -0.450. The second-order valence-electron chi connectivity index (χ2n) is 4.69. The Labute approximate surface area is 108 Å². The van der Waals surface area contributed by atoms with Gasteiger partial charge in [0.2, 0.25) is 0 Å². The second kappa shape index (κ2) is 7.09. The summed E-state index contributed by atoms with van der Waals surface area (Å²) in [5.41, 5.74) is 1.12. The van der Waals surface area contributed by atoms with Crippen LogP contribution in [0.15, 0.2) is 5.38 Å². The van der Waals surface area contributed by atoms with Gasteiger partial charge < -0.3 is 10.1 Å². The number of nitrogens with zero attached hydrogens (tertiary/aromatic N) is 1. The summed E-state index contributed by atoms with van der Waals surface area (Å²) in [5, 5.41) is 6.64. The highest BCUT2D eigenvalue weighted by molar-refractivity contribution is 7.09. The number of thiazole rings is 1. The van der Waals surface area contributed by atoms with Gasteiger partial charge in [0.15, 0.2) is 0 Å². The molecule has 1 aliphatic carbocycles. The van der Waals surface area contributed by atoms with Crippen molar-refractivity contribution in [1.29, 1.82) is 0 Å². The fraction of sp³-hybridized carbons (Fsp3) is 0.769. The lowest BCUT2D eigenvalue weighted by atomic mass is 9.98. The Balaban J connectivity index is 1.51. The zero-order chi connectivity index (χ0) is 11.9. The summed E-state index contributed by atoms with van der Waals surface area (Å²) in [6.45, 7) is 4.66. The number of ether oxygens (including phenoxy) is 1. The minimum atomic E-state index is 0.521. The highest BCUT2D eigenvalue weighted by Crippen LogP contribution is 2.19. The van der Waals surface area contributed by atoms with Crippen LogP contribution in [0.5, 0.6) is 0 Å². The van der Waals surface area contributed by atoms with Crippen LogP contribution in [-0.4, -0.2) is 24.2 Å². The molecule has 0 radical (unpaired) electrons. The largest absolute Gasteiger partial charge is 0.377 e. The van der Waals surface area contributed by atoms with E-state index in [9.17, 15) is 0 Å². The molecule has 2 rings (SSSR count). The van der Waals surface area contributed by atoms with Crippen molar-refractivity contribution in [1.82, 2.24) is 10.3 Å². The first-order chi connectivity index (χ1) is 8.34. The van der Waals surface area contributed by atoms with Gasteiger partial charge in [-0.3, -0.25) is 0 Å². The van der Waals surface area contributed by atoms with Gasteiger partial charge in [0, 0.05) is 24.2 Å². The van der Waals surface area contributed by atoms with E-state index in [0.29, 0.717) is 6.10 Å². The van der Waals surface area contributed by atoms with Crippen molar-refractivity contribution in [2.45, 2.75) is 51.7 Å². The molecular formula is C13H22N2OS. The van der Waals surface area contributed by atoms with Crippen LogP contribution in [0.2, 0.25) is 0 Å². The maximum Gasteiger partial charge on any atom is 0.107 e. The fourth-order valence-corrected chi connectivity index (χ4v) is 2.95. The summed E-state index contributed by atoms with van der Waals surface area (Å²) in [6, 6.07) is 0. The van der Waals surface area contributed by atoms with Crippen LogP contribution in [-0.2, 0) is 11.3 Å². The van der Waals surface area contributed by atoms with Crippen molar-refractivity contribution in [3.05, 3.63) is 16.1 Å². The highest BCUT2D eigenvalue weighted by Gasteiger charge is 2.12. The van der Waals surface area contributed by atoms with E-state index in [1.165, 1.54) is 37.1 Å². The van der Waals surface area contributed by atoms with Gasteiger partial charge in [0.25, 0.3) is 0 Å². The Morgan fingerprint density at radius 3 is 2.94 bits per heavy atom. The summed E-state index contributed by atoms with van der Waals surface area (Å²) >= 11 is 1.72. The highest BCUT2D eigenvalue weighted by atomic mass is 32.1. The Morgan fingerprint density at radius 2 is 2.24 bits per heavy atom. The molecule has 0 saturated heterocycles. The van der Waals surface area contributed by atoms with Crippen LogP contribution in [0, 0.1) is 6.92 Å². The van der Waals surface area contributed by atoms with Gasteiger partial charge in [-0.15, -0.1) is 11.3 Å². The molecule has 1 heterocycles. The molecule has 0 aromatic carbocycles. The van der Waals surface area contributed by atoms with Crippen molar-refractivity contribution < 1.29 is 4.74 Å². The first kappa shape index (κ1) is 13.0. The number of rotatable bonds is 6. The summed E-state index contributed by atoms with van der Waals surface area (Å²) < 4.78 is 5.85. The number of hydrogen-bond acceptors (Lipinski definition) is 4. The molecule has 1 aromatic heterocycles. The first-order valence-corrected chi connectivity index (χ1v) is 7.46. The van der Waals surface area contributed by atoms with Gasteiger partial charge in [-0.2, -0.15) is 0 Å². The van der Waals surface area contributed by atoms with E-state index in [-0.39, 0.29) is 0 Å². The molecule has 4 heteroatoms. The van der Waals surface area contributed by atoms with Crippen molar-refractivity contribution >= 4 is 11.3 Å². The molecule has 0 bridgehead atoms. The molecule has 0 unspecified atom stereocenters. The van der Waals surface area contributed by atoms with Crippen molar-refractivity contribution in [3.8, 4) is 0 Å². The van der Waals surface area contributed by atoms with Crippen molar-refractivity contribution in [3.63, 3.8) is 0 Å². The molecule has 0 spiro atoms. The number of nitrogens with one attached hydrogen (secondary N) is 1. The Morgan fingerprint density at radius 1 is 1.41 bits per heavy atom. The van der Waals surface area contributed by atoms with Gasteiger partial charge in [0.1, 0.15) is 5.01 Å². The molecule has 1 N–H and O–H groups in total. The van der Waals surface area contributed by atoms with Crippen molar-refractivity contribution in [2.24, 2.45) is 0 Å². The van der Waals surface area contributed by atoms with Crippen molar-refractivity contribution in [2.75, 3.05) is 13.2 Å². The fourth-order valence-electron chi connectivity index (χ4n) is 2.21. The number of aromatic nitrogens is 1. The van der Waals surface area contributed by atoms with E-state index in [1.54, 1.807) is 11.3 Å². The van der Waals surface area contributed by atoms with E-state index in [4.69, 9.17) is 4.74 Å². The van der Waals surface area contributed by atoms with Crippen LogP contribution in [0.4, 0.5) is 0 Å². The van der Waals surface area contributed by atoms with E-state index < -0.39 is 0 Å². The maximum atomic E-state index is 5.85. The lowest BCUT2D eigenvalue weighted by Crippen LogP contribution is -2.24. The Kier molecular flexibility index (Phi) is 5.42. The predicted molar refractivity (Wildman–Crippen MR) is 71.4 cm³/mol. The summed E-state index contributed by atoms with van der Waals surface area (Å²) in [7, 11) is 0. The van der Waals surface area contributed by atoms with Gasteiger partial charge in [-0.1, -0.05) is 19.3 Å². The van der Waals surface area contributed by atoms with Crippen LogP contribution in [0.25, 0.3) is 0 Å². The number of hydrogen-bond donors (Lipinski definition) is 1. The van der Waals surface area contributed by atoms with Gasteiger partial charge in [0.05, 0.1) is 12.7 Å². The molecule has 0 amide bonds. The average Bonchev–Trinajstić information content (AvgIpc) is 2.76. The number of aryl methyl sites for hydroxylation is 1. The minimum Gasteiger partial charge on any atom is -0.377 e. The van der Waals surface area contributed by atoms with Crippen LogP contribution >= 0.6 is 11.3 Å². The molecule has 1 fully saturated rings. The normalized spacial score (nSPS) is 17.5. The van der Waals surface area contributed by atoms with Gasteiger partial charge in [-0.05, 0) is 19.8 Å². The molecule has 3 nitrogen and oxygen atoms in total. The second-order valence-corrected chi connectivity index (χ2v) is 5.63. The lowest BCUT2D eigenvalue weighted by Gasteiger charge is -2.21. The lowest BCUT2D eigenvalue weighted by molar-refractivity contribution is 0.0302. The maximum absolute atomic E-state index is 5.85. The summed E-state index contributed by atoms with van der Waals surface area (Å²) in [5.74, 6) is 0. The smallest absolute Gasteiger partial charge is 0.107 e. The van der Waals surface area contributed by atoms with Crippen LogP contribution in [0.3, 0.4) is 0 Å². The van der Waals surface area contributed by atoms with Gasteiger partial charge in [-0.25, -0.2) is 4.98 Å². The van der Waals surface area contributed by atoms with E-state index in [0.717, 1.165) is 25.4 Å². The third kappa shape index (κ3) is 4.74. The SMILES string of the molecule is Cc1csc(CNCCOC2CCCCC2)n1. The third-order valence-corrected chi connectivity index (χ3v) is 4.09. The zero-order valence-corrected chi connectivity index (χ0v) is 11.4. The third-order valence-electron chi connectivity index (χ3n) is 3.13. The quantitative estimate of drug-likeness (QED) is 0.793. The standard InChI is InChI=1S/C13H22N2OS/c1-11-10-17-13(15-11)9-14-7-8-16-12-5-3-2-4-6-12/h10,12,14H,2-9H2,1H3. The molecule has 17 heavy (non-hydrogen) atoms.